The SMILES string of the molecule is CCC(OC)c1noc(-c2cccc3c2CCNC3)n1. The Bertz CT molecular complexity index is 591. The summed E-state index contributed by atoms with van der Waals surface area (Å²) in [7, 11) is 1.67. The number of rotatable bonds is 4. The lowest BCUT2D eigenvalue weighted by Crippen LogP contribution is -2.24. The predicted octanol–water partition coefficient (Wildman–Crippen LogP) is 2.48. The van der Waals surface area contributed by atoms with Crippen LogP contribution in [-0.4, -0.2) is 23.8 Å². The van der Waals surface area contributed by atoms with Crippen LogP contribution >= 0.6 is 0 Å². The topological polar surface area (TPSA) is 60.2 Å². The molecule has 0 bridgehead atoms. The molecule has 0 aliphatic carbocycles. The number of hydrogen-bond donors (Lipinski definition) is 1. The molecule has 0 radical (unpaired) electrons. The average Bonchev–Trinajstić information content (AvgIpc) is 2.97. The normalized spacial score (nSPS) is 15.9. The van der Waals surface area contributed by atoms with Gasteiger partial charge in [-0.05, 0) is 36.6 Å². The second-order valence-electron chi connectivity index (χ2n) is 4.96. The van der Waals surface area contributed by atoms with Crippen LogP contribution in [0, 0.1) is 0 Å². The number of methoxy groups -OCH3 is 1. The third-order valence-electron chi connectivity index (χ3n) is 3.76. The lowest BCUT2D eigenvalue weighted by molar-refractivity contribution is 0.0903. The van der Waals surface area contributed by atoms with Crippen molar-refractivity contribution in [3.05, 3.63) is 35.2 Å². The van der Waals surface area contributed by atoms with Gasteiger partial charge in [0.15, 0.2) is 0 Å². The highest BCUT2D eigenvalue weighted by atomic mass is 16.5. The van der Waals surface area contributed by atoms with E-state index in [-0.39, 0.29) is 6.10 Å². The first-order chi connectivity index (χ1) is 9.83. The van der Waals surface area contributed by atoms with E-state index in [4.69, 9.17) is 9.26 Å². The van der Waals surface area contributed by atoms with Gasteiger partial charge in [-0.2, -0.15) is 4.98 Å². The summed E-state index contributed by atoms with van der Waals surface area (Å²) >= 11 is 0. The van der Waals surface area contributed by atoms with Crippen LogP contribution in [0.25, 0.3) is 11.5 Å². The van der Waals surface area contributed by atoms with Crippen molar-refractivity contribution in [3.8, 4) is 11.5 Å². The first kappa shape index (κ1) is 13.3. The van der Waals surface area contributed by atoms with Gasteiger partial charge in [0, 0.05) is 19.2 Å². The van der Waals surface area contributed by atoms with E-state index in [1.165, 1.54) is 11.1 Å². The lowest BCUT2D eigenvalue weighted by atomic mass is 9.95. The van der Waals surface area contributed by atoms with Crippen molar-refractivity contribution in [1.82, 2.24) is 15.5 Å². The maximum atomic E-state index is 5.44. The highest BCUT2D eigenvalue weighted by Gasteiger charge is 2.20. The first-order valence-electron chi connectivity index (χ1n) is 7.01. The molecule has 5 nitrogen and oxygen atoms in total. The van der Waals surface area contributed by atoms with Crippen molar-refractivity contribution in [2.45, 2.75) is 32.4 Å². The van der Waals surface area contributed by atoms with Gasteiger partial charge in [0.25, 0.3) is 5.89 Å². The van der Waals surface area contributed by atoms with Gasteiger partial charge in [-0.3, -0.25) is 0 Å². The van der Waals surface area contributed by atoms with Crippen LogP contribution in [0.15, 0.2) is 22.7 Å². The monoisotopic (exact) mass is 273 g/mol. The van der Waals surface area contributed by atoms with Gasteiger partial charge in [0.05, 0.1) is 0 Å². The molecule has 0 amide bonds. The van der Waals surface area contributed by atoms with Gasteiger partial charge < -0.3 is 14.6 Å². The highest BCUT2D eigenvalue weighted by Crippen LogP contribution is 2.28. The van der Waals surface area contributed by atoms with Crippen molar-refractivity contribution >= 4 is 0 Å². The summed E-state index contributed by atoms with van der Waals surface area (Å²) in [6.45, 7) is 3.93. The van der Waals surface area contributed by atoms with Crippen LogP contribution in [0.4, 0.5) is 0 Å². The summed E-state index contributed by atoms with van der Waals surface area (Å²) in [5.41, 5.74) is 3.67. The molecular weight excluding hydrogens is 254 g/mol. The zero-order valence-electron chi connectivity index (χ0n) is 11.8. The quantitative estimate of drug-likeness (QED) is 0.927. The summed E-state index contributed by atoms with van der Waals surface area (Å²) in [6, 6.07) is 6.24. The van der Waals surface area contributed by atoms with Crippen LogP contribution in [-0.2, 0) is 17.7 Å². The Balaban J connectivity index is 1.97. The molecule has 3 rings (SSSR count). The Morgan fingerprint density at radius 2 is 2.35 bits per heavy atom. The van der Waals surface area contributed by atoms with Crippen molar-refractivity contribution in [3.63, 3.8) is 0 Å². The van der Waals surface area contributed by atoms with Crippen LogP contribution in [0.1, 0.15) is 36.4 Å². The zero-order valence-corrected chi connectivity index (χ0v) is 11.8. The molecule has 5 heteroatoms. The Morgan fingerprint density at radius 1 is 1.45 bits per heavy atom. The van der Waals surface area contributed by atoms with Crippen LogP contribution < -0.4 is 5.32 Å². The van der Waals surface area contributed by atoms with Crippen molar-refractivity contribution in [2.75, 3.05) is 13.7 Å². The summed E-state index contributed by atoms with van der Waals surface area (Å²) in [6.07, 6.45) is 1.71. The van der Waals surface area contributed by atoms with E-state index in [9.17, 15) is 0 Å². The molecule has 1 aromatic heterocycles. The second kappa shape index (κ2) is 5.73. The average molecular weight is 273 g/mol. The molecular formula is C15H19N3O2. The molecule has 106 valence electrons. The Morgan fingerprint density at radius 3 is 3.15 bits per heavy atom. The number of benzene rings is 1. The standard InChI is InChI=1S/C15H19N3O2/c1-3-13(19-2)14-17-15(20-18-14)12-6-4-5-10-9-16-8-7-11(10)12/h4-6,13,16H,3,7-9H2,1-2H3. The minimum atomic E-state index is -0.103. The highest BCUT2D eigenvalue weighted by molar-refractivity contribution is 5.61. The van der Waals surface area contributed by atoms with E-state index in [2.05, 4.69) is 27.6 Å². The summed E-state index contributed by atoms with van der Waals surface area (Å²) in [5, 5.41) is 7.43. The molecule has 20 heavy (non-hydrogen) atoms. The molecule has 1 atom stereocenters. The minimum absolute atomic E-state index is 0.103. The fraction of sp³-hybridized carbons (Fsp3) is 0.467. The van der Waals surface area contributed by atoms with Crippen molar-refractivity contribution in [1.29, 1.82) is 0 Å². The van der Waals surface area contributed by atoms with Crippen molar-refractivity contribution < 1.29 is 9.26 Å². The van der Waals surface area contributed by atoms with Gasteiger partial charge in [-0.15, -0.1) is 0 Å². The summed E-state index contributed by atoms with van der Waals surface area (Å²) in [5.74, 6) is 1.21. The largest absolute Gasteiger partial charge is 0.373 e. The third kappa shape index (κ3) is 2.34. The number of hydrogen-bond acceptors (Lipinski definition) is 5. The fourth-order valence-corrected chi connectivity index (χ4v) is 2.66. The molecule has 2 aromatic rings. The number of nitrogens with zero attached hydrogens (tertiary/aromatic N) is 2. The molecule has 1 aliphatic heterocycles. The van der Waals surface area contributed by atoms with Crippen LogP contribution in [0.3, 0.4) is 0 Å². The van der Waals surface area contributed by atoms with Gasteiger partial charge in [-0.25, -0.2) is 0 Å². The zero-order chi connectivity index (χ0) is 13.9. The molecule has 1 unspecified atom stereocenters. The van der Waals surface area contributed by atoms with Crippen molar-refractivity contribution in [2.24, 2.45) is 0 Å². The predicted molar refractivity (Wildman–Crippen MR) is 75.2 cm³/mol. The molecule has 0 fully saturated rings. The molecule has 0 saturated carbocycles. The second-order valence-corrected chi connectivity index (χ2v) is 4.96. The van der Waals surface area contributed by atoms with Gasteiger partial charge >= 0.3 is 0 Å². The Kier molecular flexibility index (Phi) is 3.80. The maximum absolute atomic E-state index is 5.44. The molecule has 1 N–H and O–H groups in total. The van der Waals surface area contributed by atoms with E-state index in [0.717, 1.165) is 31.5 Å². The molecule has 0 spiro atoms. The maximum Gasteiger partial charge on any atom is 0.258 e. The number of aromatic nitrogens is 2. The van der Waals surface area contributed by atoms with Crippen LogP contribution in [0.5, 0.6) is 0 Å². The summed E-state index contributed by atoms with van der Waals surface area (Å²) < 4.78 is 10.8. The van der Waals surface area contributed by atoms with Gasteiger partial charge in [0.1, 0.15) is 6.10 Å². The summed E-state index contributed by atoms with van der Waals surface area (Å²) in [4.78, 5) is 4.51. The Labute approximate surface area is 118 Å². The lowest BCUT2D eigenvalue weighted by Gasteiger charge is -2.18. The fourth-order valence-electron chi connectivity index (χ4n) is 2.66. The first-order valence-corrected chi connectivity index (χ1v) is 7.01. The van der Waals surface area contributed by atoms with E-state index >= 15 is 0 Å². The van der Waals surface area contributed by atoms with E-state index in [1.807, 2.05) is 13.0 Å². The van der Waals surface area contributed by atoms with E-state index in [0.29, 0.717) is 11.7 Å². The number of fused-ring (bicyclic) bond motifs is 1. The molecule has 1 aliphatic rings. The minimum Gasteiger partial charge on any atom is -0.373 e. The molecule has 0 saturated heterocycles. The Hall–Kier alpha value is -1.72. The molecule has 2 heterocycles. The smallest absolute Gasteiger partial charge is 0.258 e. The van der Waals surface area contributed by atoms with E-state index < -0.39 is 0 Å². The van der Waals surface area contributed by atoms with Gasteiger partial charge in [0.2, 0.25) is 5.82 Å². The molecule has 1 aromatic carbocycles. The number of ether oxygens (including phenoxy) is 1. The number of nitrogens with one attached hydrogen (secondary N) is 1. The van der Waals surface area contributed by atoms with Crippen LogP contribution in [0.2, 0.25) is 0 Å². The third-order valence-corrected chi connectivity index (χ3v) is 3.76. The van der Waals surface area contributed by atoms with Gasteiger partial charge in [-0.1, -0.05) is 24.2 Å². The van der Waals surface area contributed by atoms with E-state index in [1.54, 1.807) is 7.11 Å².